The maximum atomic E-state index is 12.8. The van der Waals surface area contributed by atoms with Crippen LogP contribution in [0.2, 0.25) is 0 Å². The maximum Gasteiger partial charge on any atom is 0.337 e. The Morgan fingerprint density at radius 1 is 0.833 bits per heavy atom. The Kier molecular flexibility index (Phi) is 6.22. The van der Waals surface area contributed by atoms with Crippen molar-refractivity contribution in [1.29, 1.82) is 0 Å². The van der Waals surface area contributed by atoms with Gasteiger partial charge in [-0.05, 0) is 37.3 Å². The molecule has 30 heavy (non-hydrogen) atoms. The van der Waals surface area contributed by atoms with E-state index in [1.54, 1.807) is 19.1 Å². The zero-order valence-corrected chi connectivity index (χ0v) is 16.8. The average molecular weight is 404 g/mol. The van der Waals surface area contributed by atoms with Crippen LogP contribution in [0.4, 0.5) is 5.69 Å². The quantitative estimate of drug-likeness (QED) is 0.649. The minimum Gasteiger partial charge on any atom is -0.465 e. The molecule has 1 N–H and O–H groups in total. The number of nitrogens with zero attached hydrogens (tertiary/aromatic N) is 1. The number of esters is 2. The molecule has 1 amide bonds. The van der Waals surface area contributed by atoms with Gasteiger partial charge in [-0.3, -0.25) is 9.78 Å². The molecule has 0 aliphatic rings. The summed E-state index contributed by atoms with van der Waals surface area (Å²) >= 11 is 0. The van der Waals surface area contributed by atoms with Crippen LogP contribution in [0, 0.1) is 6.92 Å². The van der Waals surface area contributed by atoms with Crippen molar-refractivity contribution in [2.75, 3.05) is 19.5 Å². The third-order valence-electron chi connectivity index (χ3n) is 4.43. The Morgan fingerprint density at radius 2 is 1.43 bits per heavy atom. The van der Waals surface area contributed by atoms with E-state index in [4.69, 9.17) is 9.47 Å². The normalized spacial score (nSPS) is 10.2. The lowest BCUT2D eigenvalue weighted by molar-refractivity contribution is 0.0599. The molecule has 0 aliphatic heterocycles. The van der Waals surface area contributed by atoms with Crippen molar-refractivity contribution in [3.8, 4) is 11.3 Å². The molecule has 0 saturated carbocycles. The maximum absolute atomic E-state index is 12.8. The first-order valence-corrected chi connectivity index (χ1v) is 9.09. The number of methoxy groups -OCH3 is 2. The summed E-state index contributed by atoms with van der Waals surface area (Å²) in [5, 5.41) is 2.70. The zero-order valence-electron chi connectivity index (χ0n) is 16.8. The molecule has 0 fully saturated rings. The van der Waals surface area contributed by atoms with E-state index in [1.165, 1.54) is 32.4 Å². The first-order chi connectivity index (χ1) is 14.4. The lowest BCUT2D eigenvalue weighted by Gasteiger charge is -2.11. The van der Waals surface area contributed by atoms with Gasteiger partial charge in [-0.15, -0.1) is 0 Å². The summed E-state index contributed by atoms with van der Waals surface area (Å²) in [4.78, 5) is 41.1. The van der Waals surface area contributed by atoms with E-state index in [-0.39, 0.29) is 16.8 Å². The molecule has 3 aromatic rings. The summed E-state index contributed by atoms with van der Waals surface area (Å²) in [6.45, 7) is 1.74. The minimum atomic E-state index is -0.638. The van der Waals surface area contributed by atoms with Crippen LogP contribution in [0.15, 0.2) is 60.7 Å². The molecule has 7 nitrogen and oxygen atoms in total. The van der Waals surface area contributed by atoms with E-state index in [0.29, 0.717) is 11.3 Å². The van der Waals surface area contributed by atoms with Gasteiger partial charge >= 0.3 is 11.9 Å². The number of hydrogen-bond acceptors (Lipinski definition) is 6. The van der Waals surface area contributed by atoms with Gasteiger partial charge in [0.1, 0.15) is 0 Å². The van der Waals surface area contributed by atoms with Gasteiger partial charge in [0.05, 0.1) is 42.3 Å². The van der Waals surface area contributed by atoms with Crippen LogP contribution in [0.3, 0.4) is 0 Å². The monoisotopic (exact) mass is 404 g/mol. The number of nitrogens with one attached hydrogen (secondary N) is 1. The number of amides is 1. The van der Waals surface area contributed by atoms with Crippen LogP contribution in [-0.4, -0.2) is 37.0 Å². The molecule has 1 aromatic heterocycles. The fraction of sp³-hybridized carbons (Fsp3) is 0.130. The highest BCUT2D eigenvalue weighted by Gasteiger charge is 2.17. The van der Waals surface area contributed by atoms with Crippen molar-refractivity contribution < 1.29 is 23.9 Å². The third kappa shape index (κ3) is 4.52. The summed E-state index contributed by atoms with van der Waals surface area (Å²) in [6.07, 6.45) is 0. The lowest BCUT2D eigenvalue weighted by Crippen LogP contribution is -2.16. The van der Waals surface area contributed by atoms with Crippen molar-refractivity contribution >= 4 is 23.5 Å². The summed E-state index contributed by atoms with van der Waals surface area (Å²) in [5.74, 6) is -1.69. The van der Waals surface area contributed by atoms with Gasteiger partial charge < -0.3 is 14.8 Å². The van der Waals surface area contributed by atoms with Gasteiger partial charge in [-0.25, -0.2) is 9.59 Å². The minimum absolute atomic E-state index is 0.116. The number of anilines is 1. The topological polar surface area (TPSA) is 94.6 Å². The first-order valence-electron chi connectivity index (χ1n) is 9.09. The smallest absolute Gasteiger partial charge is 0.337 e. The molecule has 0 radical (unpaired) electrons. The molecule has 3 rings (SSSR count). The molecule has 0 atom stereocenters. The molecule has 7 heteroatoms. The largest absolute Gasteiger partial charge is 0.465 e. The van der Waals surface area contributed by atoms with Gasteiger partial charge in [0.15, 0.2) is 0 Å². The number of ether oxygens (including phenoxy) is 2. The van der Waals surface area contributed by atoms with E-state index in [0.717, 1.165) is 11.3 Å². The highest BCUT2D eigenvalue weighted by molar-refractivity contribution is 6.06. The van der Waals surface area contributed by atoms with Crippen molar-refractivity contribution in [3.63, 3.8) is 0 Å². The SMILES string of the molecule is COC(=O)c1cc(NC(=O)c2ccc(-c3ccccc3)nc2C)cc(C(=O)OC)c1. The molecule has 152 valence electrons. The first kappa shape index (κ1) is 20.7. The predicted molar refractivity (Wildman–Crippen MR) is 111 cm³/mol. The lowest BCUT2D eigenvalue weighted by atomic mass is 10.1. The summed E-state index contributed by atoms with van der Waals surface area (Å²) in [7, 11) is 2.46. The van der Waals surface area contributed by atoms with Crippen LogP contribution in [0.5, 0.6) is 0 Å². The molecule has 0 aliphatic carbocycles. The highest BCUT2D eigenvalue weighted by Crippen LogP contribution is 2.21. The highest BCUT2D eigenvalue weighted by atomic mass is 16.5. The Morgan fingerprint density at radius 3 is 1.97 bits per heavy atom. The number of pyridine rings is 1. The van der Waals surface area contributed by atoms with Crippen LogP contribution >= 0.6 is 0 Å². The number of benzene rings is 2. The number of rotatable bonds is 5. The Hall–Kier alpha value is -4.00. The second-order valence-electron chi connectivity index (χ2n) is 6.43. The number of carbonyl (C=O) groups is 3. The number of aromatic nitrogens is 1. The van der Waals surface area contributed by atoms with Crippen LogP contribution in [0.1, 0.15) is 36.8 Å². The van der Waals surface area contributed by atoms with Crippen LogP contribution in [0.25, 0.3) is 11.3 Å². The van der Waals surface area contributed by atoms with E-state index < -0.39 is 17.8 Å². The van der Waals surface area contributed by atoms with Gasteiger partial charge in [-0.2, -0.15) is 0 Å². The summed E-state index contributed by atoms with van der Waals surface area (Å²) < 4.78 is 9.42. The second-order valence-corrected chi connectivity index (χ2v) is 6.43. The van der Waals surface area contributed by atoms with Crippen molar-refractivity contribution in [2.24, 2.45) is 0 Å². The van der Waals surface area contributed by atoms with Crippen molar-refractivity contribution in [2.45, 2.75) is 6.92 Å². The van der Waals surface area contributed by atoms with E-state index >= 15 is 0 Å². The van der Waals surface area contributed by atoms with Gasteiger partial charge in [0.2, 0.25) is 0 Å². The number of carbonyl (C=O) groups excluding carboxylic acids is 3. The standard InChI is InChI=1S/C23H20N2O5/c1-14-19(9-10-20(24-14)15-7-5-4-6-8-15)21(26)25-18-12-16(22(27)29-2)11-17(13-18)23(28)30-3/h4-13H,1-3H3,(H,25,26). The van der Waals surface area contributed by atoms with Crippen molar-refractivity contribution in [3.05, 3.63) is 83.0 Å². The van der Waals surface area contributed by atoms with E-state index in [1.807, 2.05) is 30.3 Å². The summed E-state index contributed by atoms with van der Waals surface area (Å²) in [5.41, 5.74) is 3.11. The molecule has 0 spiro atoms. The number of aryl methyl sites for hydroxylation is 1. The van der Waals surface area contributed by atoms with Gasteiger partial charge in [0.25, 0.3) is 5.91 Å². The Bertz CT molecular complexity index is 1080. The molecule has 0 unspecified atom stereocenters. The fourth-order valence-electron chi connectivity index (χ4n) is 2.94. The number of hydrogen-bond donors (Lipinski definition) is 1. The molecular weight excluding hydrogens is 384 g/mol. The molecular formula is C23H20N2O5. The Labute approximate surface area is 173 Å². The molecule has 0 saturated heterocycles. The molecule has 0 bridgehead atoms. The van der Waals surface area contributed by atoms with E-state index in [9.17, 15) is 14.4 Å². The van der Waals surface area contributed by atoms with Crippen molar-refractivity contribution in [1.82, 2.24) is 4.98 Å². The molecule has 1 heterocycles. The average Bonchev–Trinajstić information content (AvgIpc) is 2.78. The zero-order chi connectivity index (χ0) is 21.7. The summed E-state index contributed by atoms with van der Waals surface area (Å²) in [6, 6.07) is 17.3. The van der Waals surface area contributed by atoms with E-state index in [2.05, 4.69) is 10.3 Å². The molecule has 2 aromatic carbocycles. The second kappa shape index (κ2) is 9.00. The van der Waals surface area contributed by atoms with Gasteiger partial charge in [0, 0.05) is 11.3 Å². The third-order valence-corrected chi connectivity index (χ3v) is 4.43. The van der Waals surface area contributed by atoms with Crippen LogP contribution < -0.4 is 5.32 Å². The van der Waals surface area contributed by atoms with Crippen LogP contribution in [-0.2, 0) is 9.47 Å². The van der Waals surface area contributed by atoms with Gasteiger partial charge in [-0.1, -0.05) is 30.3 Å². The Balaban J connectivity index is 1.90. The predicted octanol–water partition coefficient (Wildman–Crippen LogP) is 3.88. The fourth-order valence-corrected chi connectivity index (χ4v) is 2.94.